The van der Waals surface area contributed by atoms with Crippen LogP contribution in [0.15, 0.2) is 28.7 Å². The number of hydrogen-bond donors (Lipinski definition) is 1. The number of amides is 1. The molecule has 0 atom stereocenters. The van der Waals surface area contributed by atoms with Crippen LogP contribution in [0.3, 0.4) is 0 Å². The lowest BCUT2D eigenvalue weighted by Crippen LogP contribution is -2.44. The highest BCUT2D eigenvalue weighted by molar-refractivity contribution is 9.10. The van der Waals surface area contributed by atoms with Gasteiger partial charge in [0.15, 0.2) is 0 Å². The van der Waals surface area contributed by atoms with Gasteiger partial charge in [-0.3, -0.25) is 4.79 Å². The first-order chi connectivity index (χ1) is 11.1. The Kier molecular flexibility index (Phi) is 7.12. The minimum absolute atomic E-state index is 0.0408. The summed E-state index contributed by atoms with van der Waals surface area (Å²) in [5.74, 6) is 0.714. The normalized spacial score (nSPS) is 16.7. The maximum atomic E-state index is 12.1. The van der Waals surface area contributed by atoms with E-state index in [-0.39, 0.29) is 11.9 Å². The van der Waals surface area contributed by atoms with Crippen molar-refractivity contribution in [1.29, 1.82) is 0 Å². The zero-order valence-corrected chi connectivity index (χ0v) is 15.4. The molecule has 0 bridgehead atoms. The third kappa shape index (κ3) is 5.66. The van der Waals surface area contributed by atoms with Crippen molar-refractivity contribution in [2.24, 2.45) is 0 Å². The van der Waals surface area contributed by atoms with Gasteiger partial charge in [0, 0.05) is 35.2 Å². The molecule has 1 aromatic carbocycles. The van der Waals surface area contributed by atoms with Crippen molar-refractivity contribution in [2.75, 3.05) is 26.7 Å². The fourth-order valence-corrected chi connectivity index (χ4v) is 3.25. The van der Waals surface area contributed by atoms with Crippen LogP contribution < -0.4 is 10.1 Å². The van der Waals surface area contributed by atoms with Gasteiger partial charge in [-0.1, -0.05) is 22.9 Å². The summed E-state index contributed by atoms with van der Waals surface area (Å²) in [7, 11) is 1.63. The van der Waals surface area contributed by atoms with Crippen LogP contribution in [-0.4, -0.2) is 43.6 Å². The number of carbonyl (C=O) groups is 1. The molecule has 1 aliphatic rings. The average Bonchev–Trinajstić information content (AvgIpc) is 2.55. The second-order valence-electron chi connectivity index (χ2n) is 5.84. The van der Waals surface area contributed by atoms with Gasteiger partial charge in [-0.2, -0.15) is 0 Å². The van der Waals surface area contributed by atoms with Crippen LogP contribution in [0.1, 0.15) is 31.7 Å². The highest BCUT2D eigenvalue weighted by Crippen LogP contribution is 2.24. The maximum absolute atomic E-state index is 12.1. The highest BCUT2D eigenvalue weighted by atomic mass is 79.9. The van der Waals surface area contributed by atoms with E-state index in [1.807, 2.05) is 18.2 Å². The van der Waals surface area contributed by atoms with Gasteiger partial charge in [-0.05, 0) is 50.1 Å². The number of rotatable bonds is 6. The van der Waals surface area contributed by atoms with E-state index in [0.717, 1.165) is 48.3 Å². The summed E-state index contributed by atoms with van der Waals surface area (Å²) in [5, 5.41) is 3.10. The third-order valence-electron chi connectivity index (χ3n) is 4.08. The molecule has 0 aliphatic carbocycles. The van der Waals surface area contributed by atoms with Gasteiger partial charge < -0.3 is 15.0 Å². The molecule has 5 heteroatoms. The van der Waals surface area contributed by atoms with Crippen molar-refractivity contribution in [3.05, 3.63) is 34.3 Å². The van der Waals surface area contributed by atoms with E-state index in [0.29, 0.717) is 0 Å². The quantitative estimate of drug-likeness (QED) is 0.768. The predicted molar refractivity (Wildman–Crippen MR) is 97.6 cm³/mol. The Hall–Kier alpha value is -1.33. The Bertz CT molecular complexity index is 552. The number of ether oxygens (including phenoxy) is 1. The lowest BCUT2D eigenvalue weighted by atomic mass is 10.0. The van der Waals surface area contributed by atoms with Crippen LogP contribution >= 0.6 is 15.9 Å². The van der Waals surface area contributed by atoms with Crippen LogP contribution in [0.25, 0.3) is 6.08 Å². The topological polar surface area (TPSA) is 41.6 Å². The largest absolute Gasteiger partial charge is 0.496 e. The van der Waals surface area contributed by atoms with Crippen molar-refractivity contribution in [3.63, 3.8) is 0 Å². The molecule has 126 valence electrons. The molecular formula is C18H25BrN2O2. The Balaban J connectivity index is 1.87. The van der Waals surface area contributed by atoms with Gasteiger partial charge in [-0.15, -0.1) is 0 Å². The van der Waals surface area contributed by atoms with E-state index in [2.05, 4.69) is 33.1 Å². The first-order valence-electron chi connectivity index (χ1n) is 8.17. The van der Waals surface area contributed by atoms with Crippen molar-refractivity contribution >= 4 is 27.9 Å². The van der Waals surface area contributed by atoms with Crippen LogP contribution in [-0.2, 0) is 4.79 Å². The van der Waals surface area contributed by atoms with Gasteiger partial charge in [0.05, 0.1) is 7.11 Å². The molecule has 1 heterocycles. The molecule has 1 fully saturated rings. The molecule has 1 aliphatic heterocycles. The number of piperidine rings is 1. The number of nitrogens with one attached hydrogen (secondary N) is 1. The molecule has 1 saturated heterocycles. The average molecular weight is 381 g/mol. The summed E-state index contributed by atoms with van der Waals surface area (Å²) < 4.78 is 6.27. The van der Waals surface area contributed by atoms with E-state index in [1.165, 1.54) is 6.42 Å². The van der Waals surface area contributed by atoms with E-state index in [1.54, 1.807) is 19.3 Å². The summed E-state index contributed by atoms with van der Waals surface area (Å²) >= 11 is 3.44. The second kappa shape index (κ2) is 9.08. The summed E-state index contributed by atoms with van der Waals surface area (Å²) in [6.07, 6.45) is 6.63. The molecular weight excluding hydrogens is 356 g/mol. The van der Waals surface area contributed by atoms with Crippen molar-refractivity contribution < 1.29 is 9.53 Å². The highest BCUT2D eigenvalue weighted by Gasteiger charge is 2.19. The van der Waals surface area contributed by atoms with Crippen LogP contribution in [0.4, 0.5) is 0 Å². The minimum atomic E-state index is -0.0408. The van der Waals surface area contributed by atoms with Crippen LogP contribution in [0, 0.1) is 0 Å². The Morgan fingerprint density at radius 3 is 2.83 bits per heavy atom. The standard InChI is InChI=1S/C18H25BrN2O2/c1-3-10-21-11-8-16(9-12-21)20-18(22)7-4-14-13-15(19)5-6-17(14)23-2/h4-7,13,16H,3,8-12H2,1-2H3,(H,20,22)/b7-4+. The lowest BCUT2D eigenvalue weighted by Gasteiger charge is -2.31. The second-order valence-corrected chi connectivity index (χ2v) is 6.76. The third-order valence-corrected chi connectivity index (χ3v) is 4.57. The molecule has 1 amide bonds. The maximum Gasteiger partial charge on any atom is 0.244 e. The number of carbonyl (C=O) groups excluding carboxylic acids is 1. The molecule has 4 nitrogen and oxygen atoms in total. The number of hydrogen-bond acceptors (Lipinski definition) is 3. The van der Waals surface area contributed by atoms with Crippen LogP contribution in [0.5, 0.6) is 5.75 Å². The zero-order valence-electron chi connectivity index (χ0n) is 13.8. The SMILES string of the molecule is CCCN1CCC(NC(=O)/C=C/c2cc(Br)ccc2OC)CC1. The molecule has 1 aromatic rings. The fourth-order valence-electron chi connectivity index (χ4n) is 2.87. The molecule has 0 saturated carbocycles. The minimum Gasteiger partial charge on any atom is -0.496 e. The zero-order chi connectivity index (χ0) is 16.7. The van der Waals surface area contributed by atoms with Crippen molar-refractivity contribution in [3.8, 4) is 5.75 Å². The van der Waals surface area contributed by atoms with E-state index < -0.39 is 0 Å². The number of benzene rings is 1. The van der Waals surface area contributed by atoms with E-state index in [9.17, 15) is 4.79 Å². The van der Waals surface area contributed by atoms with Crippen LogP contribution in [0.2, 0.25) is 0 Å². The Labute approximate surface area is 147 Å². The number of nitrogens with zero attached hydrogens (tertiary/aromatic N) is 1. The summed E-state index contributed by atoms with van der Waals surface area (Å²) in [6, 6.07) is 6.02. The monoisotopic (exact) mass is 380 g/mol. The van der Waals surface area contributed by atoms with E-state index in [4.69, 9.17) is 4.74 Å². The molecule has 0 spiro atoms. The van der Waals surface area contributed by atoms with Gasteiger partial charge in [0.2, 0.25) is 5.91 Å². The summed E-state index contributed by atoms with van der Waals surface area (Å²) in [6.45, 7) is 5.50. The summed E-state index contributed by atoms with van der Waals surface area (Å²) in [5.41, 5.74) is 0.884. The molecule has 2 rings (SSSR count). The van der Waals surface area contributed by atoms with E-state index >= 15 is 0 Å². The van der Waals surface area contributed by atoms with Crippen molar-refractivity contribution in [1.82, 2.24) is 10.2 Å². The predicted octanol–water partition coefficient (Wildman–Crippen LogP) is 3.46. The molecule has 23 heavy (non-hydrogen) atoms. The Morgan fingerprint density at radius 2 is 2.17 bits per heavy atom. The first-order valence-corrected chi connectivity index (χ1v) is 8.96. The lowest BCUT2D eigenvalue weighted by molar-refractivity contribution is -0.117. The van der Waals surface area contributed by atoms with Gasteiger partial charge in [-0.25, -0.2) is 0 Å². The Morgan fingerprint density at radius 1 is 1.43 bits per heavy atom. The molecule has 1 N–H and O–H groups in total. The molecule has 0 aromatic heterocycles. The summed E-state index contributed by atoms with van der Waals surface area (Å²) in [4.78, 5) is 14.6. The number of likely N-dealkylation sites (tertiary alicyclic amines) is 1. The first kappa shape index (κ1) is 18.0. The number of halogens is 1. The van der Waals surface area contributed by atoms with Gasteiger partial charge in [0.1, 0.15) is 5.75 Å². The molecule has 0 unspecified atom stereocenters. The molecule has 0 radical (unpaired) electrons. The van der Waals surface area contributed by atoms with Gasteiger partial charge in [0.25, 0.3) is 0 Å². The smallest absolute Gasteiger partial charge is 0.244 e. The van der Waals surface area contributed by atoms with Crippen molar-refractivity contribution in [2.45, 2.75) is 32.2 Å². The number of methoxy groups -OCH3 is 1. The fraction of sp³-hybridized carbons (Fsp3) is 0.500. The van der Waals surface area contributed by atoms with Gasteiger partial charge >= 0.3 is 0 Å².